The average molecular weight is 335 g/mol. The Morgan fingerprint density at radius 1 is 1.36 bits per heavy atom. The van der Waals surface area contributed by atoms with E-state index >= 15 is 0 Å². The van der Waals surface area contributed by atoms with Gasteiger partial charge in [0, 0.05) is 24.4 Å². The SMILES string of the molecule is O=C(O)[C@@H]1CN(C(=O)CCCc2cccs2)C[C@H]1C(F)(F)F. The van der Waals surface area contributed by atoms with E-state index in [0.717, 1.165) is 9.78 Å². The first-order chi connectivity index (χ1) is 10.3. The Balaban J connectivity index is 1.89. The highest BCUT2D eigenvalue weighted by molar-refractivity contribution is 7.09. The number of rotatable bonds is 5. The van der Waals surface area contributed by atoms with Crippen molar-refractivity contribution >= 4 is 23.2 Å². The van der Waals surface area contributed by atoms with E-state index in [4.69, 9.17) is 5.11 Å². The molecule has 0 spiro atoms. The summed E-state index contributed by atoms with van der Waals surface area (Å²) in [4.78, 5) is 25.1. The van der Waals surface area contributed by atoms with Crippen molar-refractivity contribution in [2.45, 2.75) is 25.4 Å². The lowest BCUT2D eigenvalue weighted by Crippen LogP contribution is -2.34. The van der Waals surface area contributed by atoms with Crippen LogP contribution in [0, 0.1) is 11.8 Å². The number of hydrogen-bond donors (Lipinski definition) is 1. The minimum Gasteiger partial charge on any atom is -0.481 e. The van der Waals surface area contributed by atoms with Gasteiger partial charge in [0.05, 0.1) is 11.8 Å². The van der Waals surface area contributed by atoms with Crippen molar-refractivity contribution in [2.24, 2.45) is 11.8 Å². The highest BCUT2D eigenvalue weighted by Crippen LogP contribution is 2.38. The number of carboxylic acids is 1. The minimum absolute atomic E-state index is 0.134. The maximum absolute atomic E-state index is 12.8. The molecule has 2 rings (SSSR count). The summed E-state index contributed by atoms with van der Waals surface area (Å²) in [6.45, 7) is -0.921. The summed E-state index contributed by atoms with van der Waals surface area (Å²) in [5.74, 6) is -5.46. The highest BCUT2D eigenvalue weighted by atomic mass is 32.1. The Morgan fingerprint density at radius 2 is 2.09 bits per heavy atom. The third-order valence-corrected chi connectivity index (χ3v) is 4.74. The lowest BCUT2D eigenvalue weighted by Gasteiger charge is -2.18. The summed E-state index contributed by atoms with van der Waals surface area (Å²) in [5.41, 5.74) is 0. The quantitative estimate of drug-likeness (QED) is 0.900. The molecule has 0 saturated carbocycles. The molecule has 1 aromatic rings. The number of hydrogen-bond acceptors (Lipinski definition) is 3. The standard InChI is InChI=1S/C14H16F3NO3S/c15-14(16,17)11-8-18(7-10(11)13(20)21)12(19)5-1-3-9-4-2-6-22-9/h2,4,6,10-11H,1,3,5,7-8H2,(H,20,21)/t10-,11-/m1/s1. The first kappa shape index (κ1) is 16.8. The number of alkyl halides is 3. The van der Waals surface area contributed by atoms with E-state index in [1.807, 2.05) is 17.5 Å². The Hall–Kier alpha value is -1.57. The number of aliphatic carboxylic acids is 1. The van der Waals surface area contributed by atoms with Gasteiger partial charge in [0.1, 0.15) is 0 Å². The molecule has 0 aliphatic carbocycles. The van der Waals surface area contributed by atoms with E-state index in [2.05, 4.69) is 0 Å². The third-order valence-electron chi connectivity index (χ3n) is 3.80. The Morgan fingerprint density at radius 3 is 2.59 bits per heavy atom. The van der Waals surface area contributed by atoms with Gasteiger partial charge in [-0.1, -0.05) is 6.07 Å². The number of thiophene rings is 1. The minimum atomic E-state index is -4.60. The van der Waals surface area contributed by atoms with Gasteiger partial charge in [0.15, 0.2) is 0 Å². The van der Waals surface area contributed by atoms with Crippen LogP contribution >= 0.6 is 11.3 Å². The fraction of sp³-hybridized carbons (Fsp3) is 0.571. The van der Waals surface area contributed by atoms with Crippen LogP contribution in [0.1, 0.15) is 17.7 Å². The lowest BCUT2D eigenvalue weighted by atomic mass is 9.96. The smallest absolute Gasteiger partial charge is 0.394 e. The van der Waals surface area contributed by atoms with Gasteiger partial charge in [0.2, 0.25) is 5.91 Å². The van der Waals surface area contributed by atoms with E-state index in [1.54, 1.807) is 11.3 Å². The molecule has 0 radical (unpaired) electrons. The van der Waals surface area contributed by atoms with Gasteiger partial charge >= 0.3 is 12.1 Å². The summed E-state index contributed by atoms with van der Waals surface area (Å²) in [7, 11) is 0. The molecule has 1 aliphatic heterocycles. The number of aryl methyl sites for hydroxylation is 1. The predicted octanol–water partition coefficient (Wildman–Crippen LogP) is 2.79. The zero-order valence-electron chi connectivity index (χ0n) is 11.7. The zero-order valence-corrected chi connectivity index (χ0v) is 12.5. The number of likely N-dealkylation sites (tertiary alicyclic amines) is 1. The maximum Gasteiger partial charge on any atom is 0.394 e. The number of carbonyl (C=O) groups is 2. The number of halogens is 3. The fourth-order valence-corrected chi connectivity index (χ4v) is 3.37. The molecule has 1 N–H and O–H groups in total. The summed E-state index contributed by atoms with van der Waals surface area (Å²) in [5, 5.41) is 10.8. The molecule has 1 saturated heterocycles. The van der Waals surface area contributed by atoms with Crippen LogP contribution in [0.5, 0.6) is 0 Å². The van der Waals surface area contributed by atoms with Crippen molar-refractivity contribution in [1.82, 2.24) is 4.90 Å². The monoisotopic (exact) mass is 335 g/mol. The molecule has 1 fully saturated rings. The third kappa shape index (κ3) is 4.00. The second-order valence-electron chi connectivity index (χ2n) is 5.32. The molecule has 2 heterocycles. The van der Waals surface area contributed by atoms with Crippen LogP contribution in [0.4, 0.5) is 13.2 Å². The number of carbonyl (C=O) groups excluding carboxylic acids is 1. The van der Waals surface area contributed by atoms with Gasteiger partial charge in [-0.15, -0.1) is 11.3 Å². The first-order valence-corrected chi connectivity index (χ1v) is 7.76. The van der Waals surface area contributed by atoms with Gasteiger partial charge in [-0.25, -0.2) is 0 Å². The molecule has 1 aromatic heterocycles. The zero-order chi connectivity index (χ0) is 16.3. The molecule has 0 aromatic carbocycles. The Bertz CT molecular complexity index is 530. The molecule has 8 heteroatoms. The first-order valence-electron chi connectivity index (χ1n) is 6.88. The van der Waals surface area contributed by atoms with Gasteiger partial charge in [-0.2, -0.15) is 13.2 Å². The molecule has 0 unspecified atom stereocenters. The molecule has 22 heavy (non-hydrogen) atoms. The number of nitrogens with zero attached hydrogens (tertiary/aromatic N) is 1. The van der Waals surface area contributed by atoms with E-state index in [-0.39, 0.29) is 13.0 Å². The van der Waals surface area contributed by atoms with E-state index < -0.39 is 36.4 Å². The van der Waals surface area contributed by atoms with Crippen LogP contribution in [-0.4, -0.2) is 41.1 Å². The molecule has 2 atom stereocenters. The van der Waals surface area contributed by atoms with Crippen molar-refractivity contribution in [2.75, 3.05) is 13.1 Å². The molecule has 1 amide bonds. The van der Waals surface area contributed by atoms with Crippen molar-refractivity contribution < 1.29 is 27.9 Å². The van der Waals surface area contributed by atoms with Gasteiger partial charge in [-0.3, -0.25) is 9.59 Å². The van der Waals surface area contributed by atoms with Crippen LogP contribution in [0.15, 0.2) is 17.5 Å². The van der Waals surface area contributed by atoms with E-state index in [9.17, 15) is 22.8 Å². The normalized spacial score (nSPS) is 22.0. The summed E-state index contributed by atoms with van der Waals surface area (Å²) in [6, 6.07) is 3.83. The number of carboxylic acid groups (broad SMARTS) is 1. The number of amides is 1. The molecule has 1 aliphatic rings. The van der Waals surface area contributed by atoms with Crippen LogP contribution < -0.4 is 0 Å². The molecule has 4 nitrogen and oxygen atoms in total. The second kappa shape index (κ2) is 6.68. The Kier molecular flexibility index (Phi) is 5.10. The second-order valence-corrected chi connectivity index (χ2v) is 6.36. The van der Waals surface area contributed by atoms with E-state index in [1.165, 1.54) is 0 Å². The fourth-order valence-electron chi connectivity index (χ4n) is 2.62. The Labute approximate surface area is 129 Å². The lowest BCUT2D eigenvalue weighted by molar-refractivity contribution is -0.188. The van der Waals surface area contributed by atoms with Crippen LogP contribution in [-0.2, 0) is 16.0 Å². The van der Waals surface area contributed by atoms with Crippen molar-refractivity contribution in [3.8, 4) is 0 Å². The van der Waals surface area contributed by atoms with Gasteiger partial charge in [-0.05, 0) is 24.3 Å². The largest absolute Gasteiger partial charge is 0.481 e. The molecule has 122 valence electrons. The maximum atomic E-state index is 12.8. The molecule has 0 bridgehead atoms. The summed E-state index contributed by atoms with van der Waals surface area (Å²) < 4.78 is 38.5. The van der Waals surface area contributed by atoms with Crippen LogP contribution in [0.3, 0.4) is 0 Å². The van der Waals surface area contributed by atoms with Crippen LogP contribution in [0.2, 0.25) is 0 Å². The van der Waals surface area contributed by atoms with Gasteiger partial charge < -0.3 is 10.0 Å². The van der Waals surface area contributed by atoms with Crippen molar-refractivity contribution in [1.29, 1.82) is 0 Å². The van der Waals surface area contributed by atoms with Gasteiger partial charge in [0.25, 0.3) is 0 Å². The van der Waals surface area contributed by atoms with Crippen molar-refractivity contribution in [3.05, 3.63) is 22.4 Å². The predicted molar refractivity (Wildman–Crippen MR) is 74.5 cm³/mol. The van der Waals surface area contributed by atoms with E-state index in [0.29, 0.717) is 12.8 Å². The van der Waals surface area contributed by atoms with Crippen molar-refractivity contribution in [3.63, 3.8) is 0 Å². The van der Waals surface area contributed by atoms with Crippen LogP contribution in [0.25, 0.3) is 0 Å². The summed E-state index contributed by atoms with van der Waals surface area (Å²) in [6.07, 6.45) is -3.23. The average Bonchev–Trinajstić information content (AvgIpc) is 3.06. The topological polar surface area (TPSA) is 57.6 Å². The molecular formula is C14H16F3NO3S. The highest BCUT2D eigenvalue weighted by Gasteiger charge is 2.53. The summed E-state index contributed by atoms with van der Waals surface area (Å²) >= 11 is 1.56. The molecular weight excluding hydrogens is 319 g/mol.